The lowest BCUT2D eigenvalue weighted by Crippen LogP contribution is -2.22. The summed E-state index contributed by atoms with van der Waals surface area (Å²) in [5, 5.41) is 8.70. The summed E-state index contributed by atoms with van der Waals surface area (Å²) in [6.45, 7) is 5.89. The van der Waals surface area contributed by atoms with Crippen LogP contribution in [0.2, 0.25) is 0 Å². The fourth-order valence-electron chi connectivity index (χ4n) is 1.25. The number of hydrogen-bond acceptors (Lipinski definition) is 2. The Labute approximate surface area is 104 Å². The Hall–Kier alpha value is -1.03. The van der Waals surface area contributed by atoms with Gasteiger partial charge in [0.05, 0.1) is 6.42 Å². The quantitative estimate of drug-likeness (QED) is 0.928. The number of halogens is 1. The molecule has 0 fully saturated rings. The van der Waals surface area contributed by atoms with Gasteiger partial charge in [-0.15, -0.1) is 0 Å². The summed E-state index contributed by atoms with van der Waals surface area (Å²) in [7, 11) is 0. The number of carboxylic acid groups (broad SMARTS) is 1. The zero-order valence-corrected chi connectivity index (χ0v) is 11.2. The van der Waals surface area contributed by atoms with E-state index in [9.17, 15) is 4.79 Å². The first kappa shape index (κ1) is 13.0. The number of ether oxygens (including phenoxy) is 1. The Bertz CT molecular complexity index is 394. The molecular formula is C12H15BrO3. The van der Waals surface area contributed by atoms with Crippen LogP contribution in [0.5, 0.6) is 5.75 Å². The van der Waals surface area contributed by atoms with Crippen molar-refractivity contribution in [3.05, 3.63) is 28.2 Å². The fourth-order valence-corrected chi connectivity index (χ4v) is 1.75. The van der Waals surface area contributed by atoms with Crippen molar-refractivity contribution in [3.8, 4) is 5.75 Å². The van der Waals surface area contributed by atoms with Crippen molar-refractivity contribution in [2.75, 3.05) is 0 Å². The third-order valence-electron chi connectivity index (χ3n) is 1.79. The molecule has 0 saturated carbocycles. The predicted molar refractivity (Wildman–Crippen MR) is 65.9 cm³/mol. The van der Waals surface area contributed by atoms with Gasteiger partial charge in [0, 0.05) is 4.47 Å². The summed E-state index contributed by atoms with van der Waals surface area (Å²) in [5.74, 6) is -0.112. The molecular weight excluding hydrogens is 272 g/mol. The molecule has 0 aromatic heterocycles. The maximum absolute atomic E-state index is 10.6. The second-order valence-electron chi connectivity index (χ2n) is 4.54. The monoisotopic (exact) mass is 286 g/mol. The van der Waals surface area contributed by atoms with E-state index in [4.69, 9.17) is 9.84 Å². The van der Waals surface area contributed by atoms with Gasteiger partial charge in [0.2, 0.25) is 0 Å². The van der Waals surface area contributed by atoms with Crippen molar-refractivity contribution in [2.45, 2.75) is 32.8 Å². The van der Waals surface area contributed by atoms with Gasteiger partial charge in [-0.3, -0.25) is 4.79 Å². The number of hydrogen-bond donors (Lipinski definition) is 1. The number of carboxylic acids is 1. The van der Waals surface area contributed by atoms with E-state index in [0.29, 0.717) is 0 Å². The lowest BCUT2D eigenvalue weighted by molar-refractivity contribution is -0.136. The summed E-state index contributed by atoms with van der Waals surface area (Å²) < 4.78 is 6.43. The lowest BCUT2D eigenvalue weighted by atomic mass is 10.1. The summed E-state index contributed by atoms with van der Waals surface area (Å²) >= 11 is 3.34. The van der Waals surface area contributed by atoms with E-state index in [0.717, 1.165) is 15.8 Å². The van der Waals surface area contributed by atoms with Crippen LogP contribution in [0.25, 0.3) is 0 Å². The van der Waals surface area contributed by atoms with Gasteiger partial charge in [0.25, 0.3) is 0 Å². The van der Waals surface area contributed by atoms with Crippen molar-refractivity contribution in [2.24, 2.45) is 0 Å². The normalized spacial score (nSPS) is 11.2. The molecule has 1 rings (SSSR count). The van der Waals surface area contributed by atoms with Crippen LogP contribution >= 0.6 is 15.9 Å². The van der Waals surface area contributed by atoms with Gasteiger partial charge in [-0.05, 0) is 38.5 Å². The summed E-state index contributed by atoms with van der Waals surface area (Å²) in [4.78, 5) is 10.6. The summed E-state index contributed by atoms with van der Waals surface area (Å²) in [5.41, 5.74) is 0.488. The van der Waals surface area contributed by atoms with Gasteiger partial charge in [0.1, 0.15) is 11.4 Å². The minimum absolute atomic E-state index is 0.0103. The highest BCUT2D eigenvalue weighted by Crippen LogP contribution is 2.26. The molecule has 0 heterocycles. The molecule has 0 saturated heterocycles. The van der Waals surface area contributed by atoms with Crippen LogP contribution in [0, 0.1) is 0 Å². The average Bonchev–Trinajstić information content (AvgIpc) is 2.06. The fraction of sp³-hybridized carbons (Fsp3) is 0.417. The zero-order chi connectivity index (χ0) is 12.3. The molecule has 0 bridgehead atoms. The minimum Gasteiger partial charge on any atom is -0.488 e. The topological polar surface area (TPSA) is 46.5 Å². The third-order valence-corrected chi connectivity index (χ3v) is 2.53. The molecule has 0 amide bonds. The van der Waals surface area contributed by atoms with E-state index in [1.54, 1.807) is 18.2 Å². The van der Waals surface area contributed by atoms with E-state index in [1.807, 2.05) is 20.8 Å². The van der Waals surface area contributed by atoms with Crippen LogP contribution in [0.4, 0.5) is 0 Å². The molecule has 16 heavy (non-hydrogen) atoms. The molecule has 88 valence electrons. The molecule has 0 unspecified atom stereocenters. The molecule has 1 aromatic rings. The predicted octanol–water partition coefficient (Wildman–Crippen LogP) is 3.25. The second-order valence-corrected chi connectivity index (χ2v) is 5.39. The standard InChI is InChI=1S/C12H15BrO3/c1-12(2,3)16-9-5-4-8(6-11(14)15)10(13)7-9/h4-5,7H,6H2,1-3H3,(H,14,15). The van der Waals surface area contributed by atoms with E-state index in [1.165, 1.54) is 0 Å². The van der Waals surface area contributed by atoms with Crippen molar-refractivity contribution in [1.29, 1.82) is 0 Å². The third kappa shape index (κ3) is 4.23. The number of benzene rings is 1. The largest absolute Gasteiger partial charge is 0.488 e. The molecule has 1 N–H and O–H groups in total. The molecule has 4 heteroatoms. The Kier molecular flexibility index (Phi) is 3.97. The number of carbonyl (C=O) groups is 1. The molecule has 0 aliphatic rings. The molecule has 0 spiro atoms. The molecule has 3 nitrogen and oxygen atoms in total. The first-order valence-electron chi connectivity index (χ1n) is 4.97. The number of aliphatic carboxylic acids is 1. The van der Waals surface area contributed by atoms with Crippen LogP contribution in [0.3, 0.4) is 0 Å². The Morgan fingerprint density at radius 2 is 2.06 bits per heavy atom. The minimum atomic E-state index is -0.842. The maximum Gasteiger partial charge on any atom is 0.307 e. The van der Waals surface area contributed by atoms with Crippen LogP contribution < -0.4 is 4.74 Å². The van der Waals surface area contributed by atoms with Crippen LogP contribution in [0.15, 0.2) is 22.7 Å². The van der Waals surface area contributed by atoms with Gasteiger partial charge in [-0.25, -0.2) is 0 Å². The Balaban J connectivity index is 2.87. The highest BCUT2D eigenvalue weighted by atomic mass is 79.9. The molecule has 0 aliphatic heterocycles. The van der Waals surface area contributed by atoms with E-state index in [-0.39, 0.29) is 12.0 Å². The first-order valence-corrected chi connectivity index (χ1v) is 5.76. The Morgan fingerprint density at radius 1 is 1.44 bits per heavy atom. The average molecular weight is 287 g/mol. The highest BCUT2D eigenvalue weighted by molar-refractivity contribution is 9.10. The van der Waals surface area contributed by atoms with E-state index < -0.39 is 5.97 Å². The van der Waals surface area contributed by atoms with Gasteiger partial charge in [-0.1, -0.05) is 22.0 Å². The SMILES string of the molecule is CC(C)(C)Oc1ccc(CC(=O)O)c(Br)c1. The van der Waals surface area contributed by atoms with Crippen molar-refractivity contribution in [1.82, 2.24) is 0 Å². The van der Waals surface area contributed by atoms with Crippen molar-refractivity contribution >= 4 is 21.9 Å². The number of rotatable bonds is 3. The second kappa shape index (κ2) is 4.87. The van der Waals surface area contributed by atoms with E-state index in [2.05, 4.69) is 15.9 Å². The van der Waals surface area contributed by atoms with Gasteiger partial charge in [0.15, 0.2) is 0 Å². The van der Waals surface area contributed by atoms with Crippen LogP contribution in [-0.2, 0) is 11.2 Å². The molecule has 1 aromatic carbocycles. The smallest absolute Gasteiger partial charge is 0.307 e. The maximum atomic E-state index is 10.6. The van der Waals surface area contributed by atoms with Gasteiger partial charge in [-0.2, -0.15) is 0 Å². The lowest BCUT2D eigenvalue weighted by Gasteiger charge is -2.21. The molecule has 0 aliphatic carbocycles. The Morgan fingerprint density at radius 3 is 2.50 bits per heavy atom. The van der Waals surface area contributed by atoms with Gasteiger partial charge < -0.3 is 9.84 Å². The first-order chi connectivity index (χ1) is 7.28. The van der Waals surface area contributed by atoms with Gasteiger partial charge >= 0.3 is 5.97 Å². The molecule has 0 radical (unpaired) electrons. The summed E-state index contributed by atoms with van der Waals surface area (Å²) in [6.07, 6.45) is 0.0103. The van der Waals surface area contributed by atoms with E-state index >= 15 is 0 Å². The molecule has 0 atom stereocenters. The van der Waals surface area contributed by atoms with Crippen LogP contribution in [0.1, 0.15) is 26.3 Å². The van der Waals surface area contributed by atoms with Crippen molar-refractivity contribution < 1.29 is 14.6 Å². The van der Waals surface area contributed by atoms with Crippen molar-refractivity contribution in [3.63, 3.8) is 0 Å². The zero-order valence-electron chi connectivity index (χ0n) is 9.58. The highest BCUT2D eigenvalue weighted by Gasteiger charge is 2.13. The summed E-state index contributed by atoms with van der Waals surface area (Å²) in [6, 6.07) is 5.34. The van der Waals surface area contributed by atoms with Crippen LogP contribution in [-0.4, -0.2) is 16.7 Å².